The maximum atomic E-state index is 13.9. The van der Waals surface area contributed by atoms with E-state index < -0.39 is 25.7 Å². The molecule has 0 spiro atoms. The largest absolute Gasteiger partial charge is 0.264 e. The van der Waals surface area contributed by atoms with Gasteiger partial charge < -0.3 is 0 Å². The van der Waals surface area contributed by atoms with Crippen LogP contribution in [0.1, 0.15) is 30.9 Å². The molecule has 0 aliphatic rings. The number of anilines is 1. The lowest BCUT2D eigenvalue weighted by Gasteiger charge is -2.25. The molecule has 41 heavy (non-hydrogen) atoms. The van der Waals surface area contributed by atoms with Crippen molar-refractivity contribution < 1.29 is 21.2 Å². The zero-order valence-electron chi connectivity index (χ0n) is 22.8. The summed E-state index contributed by atoms with van der Waals surface area (Å²) in [5, 5.41) is 1.02. The molecule has 0 aliphatic heterocycles. The van der Waals surface area contributed by atoms with Crippen LogP contribution in [0.2, 0.25) is 0 Å². The monoisotopic (exact) mass is 588 g/mol. The van der Waals surface area contributed by atoms with E-state index in [1.165, 1.54) is 40.7 Å². The van der Waals surface area contributed by atoms with Crippen LogP contribution in [-0.2, 0) is 26.4 Å². The molecular weight excluding hydrogens is 559 g/mol. The average Bonchev–Trinajstić information content (AvgIpc) is 2.95. The minimum absolute atomic E-state index is 0.0407. The summed E-state index contributed by atoms with van der Waals surface area (Å²) in [6, 6.07) is 26.1. The van der Waals surface area contributed by atoms with Gasteiger partial charge in [0, 0.05) is 23.4 Å². The van der Waals surface area contributed by atoms with Gasteiger partial charge in [0.25, 0.3) is 10.0 Å². The number of fused-ring (bicyclic) bond motifs is 1. The van der Waals surface area contributed by atoms with Crippen molar-refractivity contribution in [3.05, 3.63) is 120 Å². The van der Waals surface area contributed by atoms with E-state index in [-0.39, 0.29) is 22.0 Å². The van der Waals surface area contributed by atoms with Crippen LogP contribution in [0.4, 0.5) is 10.1 Å². The van der Waals surface area contributed by atoms with Gasteiger partial charge >= 0.3 is 0 Å². The summed E-state index contributed by atoms with van der Waals surface area (Å²) in [5.74, 6) is -0.252. The van der Waals surface area contributed by atoms with E-state index in [1.54, 1.807) is 6.20 Å². The first-order valence-electron chi connectivity index (χ1n) is 13.0. The smallest absolute Gasteiger partial charge is 0.262 e. The number of rotatable bonds is 8. The molecule has 0 bridgehead atoms. The second-order valence-corrected chi connectivity index (χ2v) is 14.1. The normalized spacial score (nSPS) is 12.1. The molecule has 0 atom stereocenters. The molecular formula is C32H29FN2O4S2. The third kappa shape index (κ3) is 6.01. The number of hydrogen-bond donors (Lipinski definition) is 0. The number of nitrogens with zero attached hydrogens (tertiary/aromatic N) is 2. The van der Waals surface area contributed by atoms with Gasteiger partial charge in [-0.25, -0.2) is 21.2 Å². The molecule has 5 aromatic rings. The van der Waals surface area contributed by atoms with Crippen LogP contribution >= 0.6 is 0 Å². The summed E-state index contributed by atoms with van der Waals surface area (Å²) in [7, 11) is -7.62. The Morgan fingerprint density at radius 1 is 0.805 bits per heavy atom. The molecule has 1 aromatic heterocycles. The predicted molar refractivity (Wildman–Crippen MR) is 161 cm³/mol. The topological polar surface area (TPSA) is 84.4 Å². The van der Waals surface area contributed by atoms with Gasteiger partial charge in [-0.2, -0.15) is 0 Å². The molecule has 6 nitrogen and oxygen atoms in total. The van der Waals surface area contributed by atoms with Gasteiger partial charge in [-0.1, -0.05) is 38.1 Å². The number of sulfone groups is 1. The molecule has 0 unspecified atom stereocenters. The summed E-state index contributed by atoms with van der Waals surface area (Å²) >= 11 is 0. The lowest BCUT2D eigenvalue weighted by molar-refractivity contribution is 0.589. The van der Waals surface area contributed by atoms with Gasteiger partial charge in [-0.3, -0.25) is 9.29 Å². The predicted octanol–water partition coefficient (Wildman–Crippen LogP) is 6.96. The summed E-state index contributed by atoms with van der Waals surface area (Å²) in [4.78, 5) is 4.62. The first kappa shape index (κ1) is 28.4. The Kier molecular flexibility index (Phi) is 7.68. The van der Waals surface area contributed by atoms with Crippen LogP contribution < -0.4 is 4.31 Å². The van der Waals surface area contributed by atoms with Crippen molar-refractivity contribution in [2.75, 3.05) is 10.6 Å². The van der Waals surface area contributed by atoms with Crippen LogP contribution in [0, 0.1) is 5.82 Å². The first-order chi connectivity index (χ1) is 19.4. The van der Waals surface area contributed by atoms with Crippen molar-refractivity contribution in [2.24, 2.45) is 0 Å². The molecule has 0 amide bonds. The fourth-order valence-electron chi connectivity index (χ4n) is 4.68. The molecule has 0 N–H and O–H groups in total. The van der Waals surface area contributed by atoms with E-state index in [0.29, 0.717) is 11.5 Å². The van der Waals surface area contributed by atoms with Crippen LogP contribution in [-0.4, -0.2) is 28.1 Å². The molecule has 0 saturated carbocycles. The minimum Gasteiger partial charge on any atom is -0.262 e. The highest BCUT2D eigenvalue weighted by Gasteiger charge is 2.26. The van der Waals surface area contributed by atoms with E-state index >= 15 is 0 Å². The van der Waals surface area contributed by atoms with E-state index in [4.69, 9.17) is 0 Å². The van der Waals surface area contributed by atoms with Gasteiger partial charge in [0.2, 0.25) is 0 Å². The number of hydrogen-bond acceptors (Lipinski definition) is 5. The Bertz CT molecular complexity index is 1940. The Balaban J connectivity index is 1.61. The van der Waals surface area contributed by atoms with Gasteiger partial charge in [-0.05, 0) is 95.4 Å². The number of sulfonamides is 1. The molecule has 0 saturated heterocycles. The Labute approximate surface area is 240 Å². The van der Waals surface area contributed by atoms with E-state index in [9.17, 15) is 21.2 Å². The van der Waals surface area contributed by atoms with Gasteiger partial charge in [-0.15, -0.1) is 0 Å². The van der Waals surface area contributed by atoms with Crippen LogP contribution in [0.3, 0.4) is 0 Å². The van der Waals surface area contributed by atoms with Crippen LogP contribution in [0.15, 0.2) is 113 Å². The molecule has 0 fully saturated rings. The molecule has 0 radical (unpaired) electrons. The summed E-state index contributed by atoms with van der Waals surface area (Å²) in [6.45, 7) is 4.22. The van der Waals surface area contributed by atoms with Crippen molar-refractivity contribution in [2.45, 2.75) is 36.1 Å². The number of benzene rings is 4. The molecule has 4 aromatic carbocycles. The van der Waals surface area contributed by atoms with E-state index in [0.717, 1.165) is 46.0 Å². The quantitative estimate of drug-likeness (QED) is 0.196. The maximum Gasteiger partial charge on any atom is 0.264 e. The fraction of sp³-hybridized carbons (Fsp3) is 0.156. The highest BCUT2D eigenvalue weighted by atomic mass is 32.2. The van der Waals surface area contributed by atoms with Gasteiger partial charge in [0.1, 0.15) is 5.82 Å². The van der Waals surface area contributed by atoms with Crippen molar-refractivity contribution in [3.63, 3.8) is 0 Å². The van der Waals surface area contributed by atoms with Crippen molar-refractivity contribution in [1.82, 2.24) is 4.98 Å². The Morgan fingerprint density at radius 2 is 1.49 bits per heavy atom. The molecule has 9 heteroatoms. The first-order valence-corrected chi connectivity index (χ1v) is 16.3. The van der Waals surface area contributed by atoms with Gasteiger partial charge in [0.15, 0.2) is 9.84 Å². The lowest BCUT2D eigenvalue weighted by Crippen LogP contribution is -2.30. The SMILES string of the molecule is CC(C)c1cc(-c2cccc(CN(c3ccc(S(C)(=O)=O)cc3)S(=O)(=O)c3ccc(F)cc3)c2)c2ncccc2c1. The van der Waals surface area contributed by atoms with Crippen molar-refractivity contribution in [1.29, 1.82) is 0 Å². The number of aromatic nitrogens is 1. The minimum atomic E-state index is -4.14. The van der Waals surface area contributed by atoms with E-state index in [2.05, 4.69) is 31.0 Å². The van der Waals surface area contributed by atoms with E-state index in [1.807, 2.05) is 36.4 Å². The number of halogens is 1. The molecule has 210 valence electrons. The highest BCUT2D eigenvalue weighted by molar-refractivity contribution is 7.92. The summed E-state index contributed by atoms with van der Waals surface area (Å²) in [6.07, 6.45) is 2.84. The zero-order valence-corrected chi connectivity index (χ0v) is 24.5. The Hall–Kier alpha value is -4.08. The maximum absolute atomic E-state index is 13.9. The van der Waals surface area contributed by atoms with Crippen molar-refractivity contribution >= 4 is 36.5 Å². The second kappa shape index (κ2) is 11.1. The average molecular weight is 589 g/mol. The molecule has 1 heterocycles. The highest BCUT2D eigenvalue weighted by Crippen LogP contribution is 2.33. The van der Waals surface area contributed by atoms with Crippen molar-refractivity contribution in [3.8, 4) is 11.1 Å². The zero-order chi connectivity index (χ0) is 29.4. The number of pyridine rings is 1. The van der Waals surface area contributed by atoms with Crippen LogP contribution in [0.25, 0.3) is 22.0 Å². The molecule has 5 rings (SSSR count). The fourth-order valence-corrected chi connectivity index (χ4v) is 6.76. The third-order valence-electron chi connectivity index (χ3n) is 6.91. The van der Waals surface area contributed by atoms with Crippen LogP contribution in [0.5, 0.6) is 0 Å². The summed E-state index contributed by atoms with van der Waals surface area (Å²) < 4.78 is 66.6. The standard InChI is InChI=1S/C32H29FN2O4S2/c1-22(2)26-19-25-8-5-17-34-32(25)31(20-26)24-7-4-6-23(18-24)21-35(28-11-15-29(16-12-28)40(3,36)37)41(38,39)30-13-9-27(33)10-14-30/h4-20,22H,21H2,1-3H3. The molecule has 0 aliphatic carbocycles. The third-order valence-corrected chi connectivity index (χ3v) is 9.83. The second-order valence-electron chi connectivity index (χ2n) is 10.2. The Morgan fingerprint density at radius 3 is 2.15 bits per heavy atom. The van der Waals surface area contributed by atoms with Gasteiger partial charge in [0.05, 0.1) is 27.5 Å². The summed E-state index contributed by atoms with van der Waals surface area (Å²) in [5.41, 5.74) is 4.83. The lowest BCUT2D eigenvalue weighted by atomic mass is 9.93.